The number of hydrogen-bond donors (Lipinski definition) is 0. The molecule has 394 valence electrons. The van der Waals surface area contributed by atoms with Gasteiger partial charge in [-0.25, -0.2) is 0 Å². The van der Waals surface area contributed by atoms with Gasteiger partial charge in [-0.3, -0.25) is 14.4 Å². The van der Waals surface area contributed by atoms with Crippen LogP contribution in [-0.2, 0) is 28.6 Å². The van der Waals surface area contributed by atoms with Crippen LogP contribution in [0.1, 0.15) is 329 Å². The van der Waals surface area contributed by atoms with Crippen LogP contribution in [0.15, 0.2) is 24.3 Å². The average molecular weight is 944 g/mol. The van der Waals surface area contributed by atoms with Crippen molar-refractivity contribution in [1.29, 1.82) is 0 Å². The van der Waals surface area contributed by atoms with Crippen molar-refractivity contribution < 1.29 is 28.6 Å². The quantitative estimate of drug-likeness (QED) is 0.0262. The second kappa shape index (κ2) is 56.5. The molecule has 0 rings (SSSR count). The van der Waals surface area contributed by atoms with E-state index in [0.29, 0.717) is 19.3 Å². The van der Waals surface area contributed by atoms with Gasteiger partial charge < -0.3 is 14.2 Å². The number of hydrogen-bond acceptors (Lipinski definition) is 6. The molecule has 0 spiro atoms. The molecular formula is C61H114O6. The highest BCUT2D eigenvalue weighted by Gasteiger charge is 2.19. The van der Waals surface area contributed by atoms with Crippen molar-refractivity contribution in [2.45, 2.75) is 335 Å². The minimum absolute atomic E-state index is 0.0699. The van der Waals surface area contributed by atoms with E-state index in [0.717, 1.165) is 77.0 Å². The molecule has 1 atom stereocenters. The summed E-state index contributed by atoms with van der Waals surface area (Å²) in [4.78, 5) is 38.2. The van der Waals surface area contributed by atoms with Crippen molar-refractivity contribution >= 4 is 17.9 Å². The molecular weight excluding hydrogens is 829 g/mol. The lowest BCUT2D eigenvalue weighted by Crippen LogP contribution is -2.30. The van der Waals surface area contributed by atoms with E-state index in [-0.39, 0.29) is 31.1 Å². The first kappa shape index (κ1) is 64.9. The fourth-order valence-corrected chi connectivity index (χ4v) is 8.93. The summed E-state index contributed by atoms with van der Waals surface area (Å²) >= 11 is 0. The first-order valence-corrected chi connectivity index (χ1v) is 29.8. The van der Waals surface area contributed by atoms with Crippen molar-refractivity contribution in [3.63, 3.8) is 0 Å². The van der Waals surface area contributed by atoms with Crippen LogP contribution < -0.4 is 0 Å². The molecule has 0 radical (unpaired) electrons. The average Bonchev–Trinajstić information content (AvgIpc) is 3.33. The Morgan fingerprint density at radius 3 is 0.866 bits per heavy atom. The lowest BCUT2D eigenvalue weighted by atomic mass is 10.0. The summed E-state index contributed by atoms with van der Waals surface area (Å²) < 4.78 is 16.9. The maximum atomic E-state index is 12.9. The Balaban J connectivity index is 4.32. The highest BCUT2D eigenvalue weighted by Crippen LogP contribution is 2.17. The topological polar surface area (TPSA) is 78.9 Å². The van der Waals surface area contributed by atoms with Gasteiger partial charge in [-0.2, -0.15) is 0 Å². The van der Waals surface area contributed by atoms with Crippen molar-refractivity contribution in [3.05, 3.63) is 24.3 Å². The van der Waals surface area contributed by atoms with Crippen LogP contribution in [0.4, 0.5) is 0 Å². The molecule has 0 amide bonds. The highest BCUT2D eigenvalue weighted by molar-refractivity contribution is 5.71. The normalized spacial score (nSPS) is 12.1. The molecule has 0 aliphatic rings. The molecule has 0 aromatic rings. The highest BCUT2D eigenvalue weighted by atomic mass is 16.6. The lowest BCUT2D eigenvalue weighted by molar-refractivity contribution is -0.167. The van der Waals surface area contributed by atoms with E-state index >= 15 is 0 Å². The third-order valence-corrected chi connectivity index (χ3v) is 13.5. The molecule has 6 heteroatoms. The Bertz CT molecular complexity index is 1080. The van der Waals surface area contributed by atoms with Crippen molar-refractivity contribution in [2.24, 2.45) is 0 Å². The van der Waals surface area contributed by atoms with Crippen LogP contribution in [0.3, 0.4) is 0 Å². The van der Waals surface area contributed by atoms with Gasteiger partial charge in [-0.15, -0.1) is 0 Å². The molecule has 0 saturated carbocycles. The Kier molecular flexibility index (Phi) is 54.7. The van der Waals surface area contributed by atoms with Crippen molar-refractivity contribution in [2.75, 3.05) is 13.2 Å². The summed E-state index contributed by atoms with van der Waals surface area (Å²) in [6.45, 7) is 6.65. The number of unbranched alkanes of at least 4 members (excludes halogenated alkanes) is 40. The Hall–Kier alpha value is -2.11. The summed E-state index contributed by atoms with van der Waals surface area (Å²) in [6.07, 6.45) is 66.0. The molecule has 0 aliphatic carbocycles. The van der Waals surface area contributed by atoms with Crippen LogP contribution in [-0.4, -0.2) is 37.2 Å². The van der Waals surface area contributed by atoms with E-state index in [1.54, 1.807) is 0 Å². The number of carbonyl (C=O) groups is 3. The summed E-state index contributed by atoms with van der Waals surface area (Å²) in [5.74, 6) is -0.860. The molecule has 1 unspecified atom stereocenters. The van der Waals surface area contributed by atoms with Gasteiger partial charge in [0.1, 0.15) is 13.2 Å². The van der Waals surface area contributed by atoms with Crippen molar-refractivity contribution in [3.8, 4) is 0 Å². The van der Waals surface area contributed by atoms with Gasteiger partial charge in [0.05, 0.1) is 0 Å². The van der Waals surface area contributed by atoms with E-state index < -0.39 is 6.10 Å². The maximum absolute atomic E-state index is 12.9. The zero-order valence-corrected chi connectivity index (χ0v) is 45.2. The Labute approximate surface area is 417 Å². The smallest absolute Gasteiger partial charge is 0.306 e. The predicted octanol–water partition coefficient (Wildman–Crippen LogP) is 19.9. The predicted molar refractivity (Wildman–Crippen MR) is 289 cm³/mol. The number of esters is 3. The Morgan fingerprint density at radius 1 is 0.299 bits per heavy atom. The van der Waals surface area contributed by atoms with Gasteiger partial charge in [0, 0.05) is 19.3 Å². The SMILES string of the molecule is CCCC/C=C\C/C=C\CCCCCCCC(=O)OCC(COC(=O)CCCCCCCCCCCCCCCCCCCC)OC(=O)CCCCCCCCCCCCCCCCCCC. The fourth-order valence-electron chi connectivity index (χ4n) is 8.93. The molecule has 0 fully saturated rings. The monoisotopic (exact) mass is 943 g/mol. The standard InChI is InChI=1S/C61H114O6/c1-4-7-10-13-16-19-22-25-28-30-32-33-36-39-42-45-48-51-54-60(63)66-57-58(56-65-59(62)53-50-47-44-41-38-35-27-24-21-18-15-12-9-6-3)67-61(64)55-52-49-46-43-40-37-34-31-29-26-23-20-17-14-11-8-5-2/h15,18,24,27,58H,4-14,16-17,19-23,25-26,28-57H2,1-3H3/b18-15-,27-24-. The van der Waals surface area contributed by atoms with E-state index in [4.69, 9.17) is 14.2 Å². The molecule has 0 bridgehead atoms. The van der Waals surface area contributed by atoms with Gasteiger partial charge in [0.2, 0.25) is 0 Å². The maximum Gasteiger partial charge on any atom is 0.306 e. The number of ether oxygens (including phenoxy) is 3. The zero-order chi connectivity index (χ0) is 48.6. The molecule has 67 heavy (non-hydrogen) atoms. The molecule has 0 aliphatic heterocycles. The van der Waals surface area contributed by atoms with Crippen LogP contribution in [0.2, 0.25) is 0 Å². The first-order chi connectivity index (χ1) is 33.0. The van der Waals surface area contributed by atoms with Crippen molar-refractivity contribution in [1.82, 2.24) is 0 Å². The van der Waals surface area contributed by atoms with Crippen LogP contribution >= 0.6 is 0 Å². The minimum Gasteiger partial charge on any atom is -0.462 e. The molecule has 0 saturated heterocycles. The van der Waals surface area contributed by atoms with Crippen LogP contribution in [0, 0.1) is 0 Å². The summed E-state index contributed by atoms with van der Waals surface area (Å²) in [6, 6.07) is 0. The van der Waals surface area contributed by atoms with E-state index in [1.807, 2.05) is 0 Å². The van der Waals surface area contributed by atoms with E-state index in [2.05, 4.69) is 45.1 Å². The van der Waals surface area contributed by atoms with Crippen LogP contribution in [0.5, 0.6) is 0 Å². The van der Waals surface area contributed by atoms with Gasteiger partial charge in [-0.05, 0) is 44.9 Å². The second-order valence-corrected chi connectivity index (χ2v) is 20.3. The zero-order valence-electron chi connectivity index (χ0n) is 45.2. The van der Waals surface area contributed by atoms with E-state index in [9.17, 15) is 14.4 Å². The molecule has 0 aromatic carbocycles. The largest absolute Gasteiger partial charge is 0.462 e. The number of rotatable bonds is 55. The number of carbonyl (C=O) groups excluding carboxylic acids is 3. The molecule has 6 nitrogen and oxygen atoms in total. The molecule has 0 heterocycles. The molecule has 0 N–H and O–H groups in total. The number of allylic oxidation sites excluding steroid dienone is 4. The molecule has 0 aromatic heterocycles. The minimum atomic E-state index is -0.772. The lowest BCUT2D eigenvalue weighted by Gasteiger charge is -2.18. The second-order valence-electron chi connectivity index (χ2n) is 20.3. The van der Waals surface area contributed by atoms with Crippen LogP contribution in [0.25, 0.3) is 0 Å². The van der Waals surface area contributed by atoms with E-state index in [1.165, 1.54) is 212 Å². The summed E-state index contributed by atoms with van der Waals surface area (Å²) in [5.41, 5.74) is 0. The fraction of sp³-hybridized carbons (Fsp3) is 0.885. The summed E-state index contributed by atoms with van der Waals surface area (Å²) in [7, 11) is 0. The third-order valence-electron chi connectivity index (χ3n) is 13.5. The third kappa shape index (κ3) is 54.7. The summed E-state index contributed by atoms with van der Waals surface area (Å²) in [5, 5.41) is 0. The Morgan fingerprint density at radius 2 is 0.552 bits per heavy atom. The van der Waals surface area contributed by atoms with Gasteiger partial charge >= 0.3 is 17.9 Å². The van der Waals surface area contributed by atoms with Gasteiger partial charge in [-0.1, -0.05) is 289 Å². The van der Waals surface area contributed by atoms with Gasteiger partial charge in [0.15, 0.2) is 6.10 Å². The van der Waals surface area contributed by atoms with Gasteiger partial charge in [0.25, 0.3) is 0 Å². The first-order valence-electron chi connectivity index (χ1n) is 29.8.